The molecule has 3 rings (SSSR count). The van der Waals surface area contributed by atoms with Crippen molar-refractivity contribution in [1.29, 1.82) is 0 Å². The SMILES string of the molecule is CCCn1c(-c2cccc(C)c2)nnc1S(=O)(=O)Cc1cn[nH]n1. The Morgan fingerprint density at radius 2 is 2.08 bits per heavy atom. The Bertz CT molecular complexity index is 931. The van der Waals surface area contributed by atoms with Crippen molar-refractivity contribution in [3.05, 3.63) is 41.7 Å². The van der Waals surface area contributed by atoms with Crippen molar-refractivity contribution >= 4 is 9.84 Å². The molecular weight excluding hydrogens is 328 g/mol. The van der Waals surface area contributed by atoms with Crippen molar-refractivity contribution in [3.8, 4) is 11.4 Å². The van der Waals surface area contributed by atoms with Crippen LogP contribution in [0, 0.1) is 6.92 Å². The molecule has 1 N–H and O–H groups in total. The first kappa shape index (κ1) is 16.3. The predicted molar refractivity (Wildman–Crippen MR) is 87.8 cm³/mol. The van der Waals surface area contributed by atoms with E-state index in [0.717, 1.165) is 17.5 Å². The number of hydrogen-bond donors (Lipinski definition) is 1. The van der Waals surface area contributed by atoms with E-state index in [0.29, 0.717) is 18.1 Å². The second-order valence-corrected chi connectivity index (χ2v) is 7.43. The minimum atomic E-state index is -3.67. The molecule has 0 saturated carbocycles. The van der Waals surface area contributed by atoms with Crippen LogP contribution in [-0.2, 0) is 22.1 Å². The highest BCUT2D eigenvalue weighted by Gasteiger charge is 2.26. The third-order valence-electron chi connectivity index (χ3n) is 3.52. The summed E-state index contributed by atoms with van der Waals surface area (Å²) in [7, 11) is -3.67. The summed E-state index contributed by atoms with van der Waals surface area (Å²) in [5.41, 5.74) is 2.27. The van der Waals surface area contributed by atoms with E-state index < -0.39 is 9.84 Å². The number of nitrogens with zero attached hydrogens (tertiary/aromatic N) is 5. The highest BCUT2D eigenvalue weighted by molar-refractivity contribution is 7.90. The standard InChI is InChI=1S/C15H18N6O2S/c1-3-7-21-14(12-6-4-5-11(2)8-12)18-19-15(21)24(22,23)10-13-9-16-20-17-13/h4-6,8-9H,3,7,10H2,1-2H3,(H,16,17,20). The van der Waals surface area contributed by atoms with Gasteiger partial charge in [-0.2, -0.15) is 15.4 Å². The molecule has 1 aromatic carbocycles. The van der Waals surface area contributed by atoms with E-state index >= 15 is 0 Å². The van der Waals surface area contributed by atoms with Crippen molar-refractivity contribution in [3.63, 3.8) is 0 Å². The Hall–Kier alpha value is -2.55. The Morgan fingerprint density at radius 3 is 2.75 bits per heavy atom. The maximum Gasteiger partial charge on any atom is 0.250 e. The van der Waals surface area contributed by atoms with Gasteiger partial charge in [-0.05, 0) is 19.4 Å². The summed E-state index contributed by atoms with van der Waals surface area (Å²) in [6.45, 7) is 4.48. The fourth-order valence-electron chi connectivity index (χ4n) is 2.50. The van der Waals surface area contributed by atoms with E-state index in [1.165, 1.54) is 6.20 Å². The van der Waals surface area contributed by atoms with Crippen molar-refractivity contribution in [2.24, 2.45) is 0 Å². The predicted octanol–water partition coefficient (Wildman–Crippen LogP) is 1.76. The van der Waals surface area contributed by atoms with E-state index in [-0.39, 0.29) is 10.9 Å². The summed E-state index contributed by atoms with van der Waals surface area (Å²) in [5.74, 6) is 0.290. The molecule has 24 heavy (non-hydrogen) atoms. The summed E-state index contributed by atoms with van der Waals surface area (Å²) in [5, 5.41) is 17.9. The highest BCUT2D eigenvalue weighted by atomic mass is 32.2. The molecule has 8 nitrogen and oxygen atoms in total. The number of hydrogen-bond acceptors (Lipinski definition) is 6. The third kappa shape index (κ3) is 3.21. The lowest BCUT2D eigenvalue weighted by Crippen LogP contribution is -2.14. The van der Waals surface area contributed by atoms with Gasteiger partial charge in [0, 0.05) is 12.1 Å². The molecule has 0 fully saturated rings. The van der Waals surface area contributed by atoms with Gasteiger partial charge in [0.2, 0.25) is 15.0 Å². The summed E-state index contributed by atoms with van der Waals surface area (Å²) < 4.78 is 27.1. The molecule has 0 aliphatic carbocycles. The van der Waals surface area contributed by atoms with Crippen LogP contribution in [0.1, 0.15) is 24.6 Å². The van der Waals surface area contributed by atoms with Crippen molar-refractivity contribution in [1.82, 2.24) is 30.2 Å². The Balaban J connectivity index is 2.06. The highest BCUT2D eigenvalue weighted by Crippen LogP contribution is 2.23. The van der Waals surface area contributed by atoms with Crippen LogP contribution in [0.2, 0.25) is 0 Å². The van der Waals surface area contributed by atoms with Crippen molar-refractivity contribution in [2.75, 3.05) is 0 Å². The second kappa shape index (κ2) is 6.52. The fourth-order valence-corrected chi connectivity index (χ4v) is 3.83. The van der Waals surface area contributed by atoms with Gasteiger partial charge in [-0.25, -0.2) is 8.42 Å². The third-order valence-corrected chi connectivity index (χ3v) is 5.06. The summed E-state index contributed by atoms with van der Waals surface area (Å²) >= 11 is 0. The van der Waals surface area contributed by atoms with Crippen LogP contribution in [0.5, 0.6) is 0 Å². The van der Waals surface area contributed by atoms with E-state index in [9.17, 15) is 8.42 Å². The average Bonchev–Trinajstić information content (AvgIpc) is 3.17. The van der Waals surface area contributed by atoms with Crippen molar-refractivity contribution < 1.29 is 8.42 Å². The van der Waals surface area contributed by atoms with Gasteiger partial charge in [-0.1, -0.05) is 30.7 Å². The average molecular weight is 346 g/mol. The van der Waals surface area contributed by atoms with Gasteiger partial charge in [-0.15, -0.1) is 10.2 Å². The van der Waals surface area contributed by atoms with Gasteiger partial charge in [-0.3, -0.25) is 4.57 Å². The first-order valence-corrected chi connectivity index (χ1v) is 9.24. The minimum absolute atomic E-state index is 0.0381. The fraction of sp³-hybridized carbons (Fsp3) is 0.333. The molecule has 0 atom stereocenters. The normalized spacial score (nSPS) is 11.8. The van der Waals surface area contributed by atoms with Gasteiger partial charge in [0.25, 0.3) is 0 Å². The van der Waals surface area contributed by atoms with Gasteiger partial charge in [0.1, 0.15) is 5.75 Å². The number of sulfone groups is 1. The topological polar surface area (TPSA) is 106 Å². The first-order chi connectivity index (χ1) is 11.5. The zero-order chi connectivity index (χ0) is 17.2. The van der Waals surface area contributed by atoms with Crippen LogP contribution < -0.4 is 0 Å². The molecule has 2 aromatic heterocycles. The molecule has 0 aliphatic rings. The van der Waals surface area contributed by atoms with Gasteiger partial charge < -0.3 is 0 Å². The van der Waals surface area contributed by atoms with E-state index in [1.54, 1.807) is 4.57 Å². The number of aromatic nitrogens is 6. The van der Waals surface area contributed by atoms with E-state index in [4.69, 9.17) is 0 Å². The van der Waals surface area contributed by atoms with Crippen LogP contribution in [-0.4, -0.2) is 38.6 Å². The minimum Gasteiger partial charge on any atom is -0.298 e. The van der Waals surface area contributed by atoms with Crippen LogP contribution in [0.15, 0.2) is 35.6 Å². The maximum absolute atomic E-state index is 12.7. The van der Waals surface area contributed by atoms with Gasteiger partial charge in [0.15, 0.2) is 5.82 Å². The summed E-state index contributed by atoms with van der Waals surface area (Å²) in [4.78, 5) is 0. The maximum atomic E-state index is 12.7. The molecule has 126 valence electrons. The second-order valence-electron chi connectivity index (χ2n) is 5.55. The molecular formula is C15H18N6O2S. The van der Waals surface area contributed by atoms with Crippen LogP contribution in [0.25, 0.3) is 11.4 Å². The quantitative estimate of drug-likeness (QED) is 0.729. The molecule has 3 aromatic rings. The Labute approximate surface area is 139 Å². The largest absolute Gasteiger partial charge is 0.298 e. The van der Waals surface area contributed by atoms with Crippen LogP contribution in [0.3, 0.4) is 0 Å². The number of nitrogens with one attached hydrogen (secondary N) is 1. The molecule has 0 saturated heterocycles. The summed E-state index contributed by atoms with van der Waals surface area (Å²) in [6, 6.07) is 7.76. The van der Waals surface area contributed by atoms with Gasteiger partial charge >= 0.3 is 0 Å². The Morgan fingerprint density at radius 1 is 1.25 bits per heavy atom. The molecule has 0 unspecified atom stereocenters. The molecule has 0 spiro atoms. The molecule has 2 heterocycles. The number of rotatable bonds is 6. The van der Waals surface area contributed by atoms with Crippen LogP contribution in [0.4, 0.5) is 0 Å². The van der Waals surface area contributed by atoms with Crippen molar-refractivity contribution in [2.45, 2.75) is 37.7 Å². The van der Waals surface area contributed by atoms with Crippen LogP contribution >= 0.6 is 0 Å². The van der Waals surface area contributed by atoms with E-state index in [1.807, 2.05) is 38.1 Å². The molecule has 0 radical (unpaired) electrons. The lowest BCUT2D eigenvalue weighted by Gasteiger charge is -2.09. The lowest BCUT2D eigenvalue weighted by molar-refractivity contribution is 0.557. The molecule has 9 heteroatoms. The van der Waals surface area contributed by atoms with Gasteiger partial charge in [0.05, 0.1) is 11.9 Å². The van der Waals surface area contributed by atoms with E-state index in [2.05, 4.69) is 25.6 Å². The zero-order valence-electron chi connectivity index (χ0n) is 13.5. The number of aryl methyl sites for hydroxylation is 1. The number of aromatic amines is 1. The zero-order valence-corrected chi connectivity index (χ0v) is 14.3. The first-order valence-electron chi connectivity index (χ1n) is 7.59. The smallest absolute Gasteiger partial charge is 0.250 e. The monoisotopic (exact) mass is 346 g/mol. The number of H-pyrrole nitrogens is 1. The molecule has 0 bridgehead atoms. The number of benzene rings is 1. The summed E-state index contributed by atoms with van der Waals surface area (Å²) in [6.07, 6.45) is 2.16. The Kier molecular flexibility index (Phi) is 4.43. The molecule has 0 aliphatic heterocycles. The lowest BCUT2D eigenvalue weighted by atomic mass is 10.1. The molecule has 0 amide bonds.